The summed E-state index contributed by atoms with van der Waals surface area (Å²) in [5.74, 6) is 1.84. The Hall–Kier alpha value is -6.53. The fraction of sp³-hybridized carbons (Fsp3) is 0. The Balaban J connectivity index is 1.22. The summed E-state index contributed by atoms with van der Waals surface area (Å²) in [5.41, 5.74) is 8.47. The average Bonchev–Trinajstić information content (AvgIpc) is 3.53. The molecule has 0 amide bonds. The molecule has 0 fully saturated rings. The van der Waals surface area contributed by atoms with Gasteiger partial charge in [0.15, 0.2) is 17.5 Å². The summed E-state index contributed by atoms with van der Waals surface area (Å²) in [6, 6.07) is 50.7. The summed E-state index contributed by atoms with van der Waals surface area (Å²) < 4.78 is 6.16. The molecule has 47 heavy (non-hydrogen) atoms. The third kappa shape index (κ3) is 4.89. The van der Waals surface area contributed by atoms with E-state index in [1.807, 2.05) is 115 Å². The summed E-state index contributed by atoms with van der Waals surface area (Å²) in [7, 11) is 0. The normalized spacial score (nSPS) is 11.4. The van der Waals surface area contributed by atoms with Gasteiger partial charge in [0.05, 0.1) is 16.9 Å². The highest BCUT2D eigenvalue weighted by Gasteiger charge is 2.18. The molecule has 6 nitrogen and oxygen atoms in total. The van der Waals surface area contributed by atoms with Gasteiger partial charge in [0.1, 0.15) is 5.58 Å². The number of aromatic nitrogens is 5. The molecule has 6 heteroatoms. The van der Waals surface area contributed by atoms with Gasteiger partial charge in [-0.15, -0.1) is 0 Å². The first kappa shape index (κ1) is 26.8. The molecule has 0 aliphatic heterocycles. The lowest BCUT2D eigenvalue weighted by Gasteiger charge is -2.13. The molecule has 0 atom stereocenters. The molecule has 0 saturated heterocycles. The Bertz CT molecular complexity index is 2520. The van der Waals surface area contributed by atoms with Crippen LogP contribution < -0.4 is 0 Å². The van der Waals surface area contributed by atoms with Crippen molar-refractivity contribution in [2.75, 3.05) is 0 Å². The van der Waals surface area contributed by atoms with Gasteiger partial charge in [-0.1, -0.05) is 115 Å². The summed E-state index contributed by atoms with van der Waals surface area (Å²) >= 11 is 0. The maximum absolute atomic E-state index is 6.16. The van der Waals surface area contributed by atoms with Crippen LogP contribution in [0.25, 0.3) is 89.7 Å². The zero-order chi connectivity index (χ0) is 31.2. The lowest BCUT2D eigenvalue weighted by atomic mass is 9.97. The molecule has 4 aromatic heterocycles. The van der Waals surface area contributed by atoms with Crippen molar-refractivity contribution in [2.45, 2.75) is 0 Å². The molecule has 0 radical (unpaired) electrons. The third-order valence-corrected chi connectivity index (χ3v) is 8.34. The highest BCUT2D eigenvalue weighted by molar-refractivity contribution is 6.04. The quantitative estimate of drug-likeness (QED) is 0.195. The maximum atomic E-state index is 6.16. The first-order chi connectivity index (χ1) is 23.3. The van der Waals surface area contributed by atoms with Gasteiger partial charge in [0, 0.05) is 38.4 Å². The molecule has 0 aliphatic rings. The summed E-state index contributed by atoms with van der Waals surface area (Å²) in [4.78, 5) is 24.9. The van der Waals surface area contributed by atoms with Crippen molar-refractivity contribution in [1.82, 2.24) is 24.9 Å². The minimum Gasteiger partial charge on any atom is -0.438 e. The van der Waals surface area contributed by atoms with Crippen LogP contribution >= 0.6 is 0 Å². The SMILES string of the molecule is c1ccc(-c2nc(-c3ccccc3)nc(-c3cccc(-c4cc5ccccc5nc4-c4ccc5c(n4)oc4ccccc45)c3)n2)cc1. The van der Waals surface area contributed by atoms with E-state index in [0.717, 1.165) is 66.5 Å². The number of fused-ring (bicyclic) bond motifs is 4. The second kappa shape index (κ2) is 11.1. The van der Waals surface area contributed by atoms with Crippen LogP contribution in [0.1, 0.15) is 0 Å². The van der Waals surface area contributed by atoms with E-state index in [-0.39, 0.29) is 0 Å². The fourth-order valence-electron chi connectivity index (χ4n) is 6.03. The number of nitrogens with zero attached hydrogens (tertiary/aromatic N) is 5. The number of para-hydroxylation sites is 2. The van der Waals surface area contributed by atoms with Crippen LogP contribution in [0.15, 0.2) is 156 Å². The van der Waals surface area contributed by atoms with E-state index >= 15 is 0 Å². The lowest BCUT2D eigenvalue weighted by Crippen LogP contribution is -2.00. The van der Waals surface area contributed by atoms with E-state index in [1.165, 1.54) is 0 Å². The third-order valence-electron chi connectivity index (χ3n) is 8.34. The molecule has 0 N–H and O–H groups in total. The van der Waals surface area contributed by atoms with E-state index in [0.29, 0.717) is 23.2 Å². The lowest BCUT2D eigenvalue weighted by molar-refractivity contribution is 0.654. The molecule has 0 unspecified atom stereocenters. The van der Waals surface area contributed by atoms with E-state index in [4.69, 9.17) is 29.3 Å². The minimum absolute atomic E-state index is 0.588. The first-order valence-corrected chi connectivity index (χ1v) is 15.4. The van der Waals surface area contributed by atoms with Gasteiger partial charge in [0.2, 0.25) is 5.71 Å². The number of pyridine rings is 2. The molecule has 220 valence electrons. The highest BCUT2D eigenvalue weighted by Crippen LogP contribution is 2.37. The van der Waals surface area contributed by atoms with Crippen molar-refractivity contribution >= 4 is 33.0 Å². The van der Waals surface area contributed by atoms with Crippen LogP contribution in [0.3, 0.4) is 0 Å². The van der Waals surface area contributed by atoms with E-state index < -0.39 is 0 Å². The number of benzene rings is 5. The van der Waals surface area contributed by atoms with E-state index in [1.54, 1.807) is 0 Å². The number of hydrogen-bond donors (Lipinski definition) is 0. The van der Waals surface area contributed by atoms with Gasteiger partial charge in [0.25, 0.3) is 0 Å². The second-order valence-electron chi connectivity index (χ2n) is 11.3. The molecule has 9 aromatic rings. The number of hydrogen-bond acceptors (Lipinski definition) is 6. The molecule has 0 spiro atoms. The molecule has 9 rings (SSSR count). The zero-order valence-electron chi connectivity index (χ0n) is 25.1. The van der Waals surface area contributed by atoms with Crippen molar-refractivity contribution in [3.63, 3.8) is 0 Å². The molecule has 4 heterocycles. The van der Waals surface area contributed by atoms with Crippen LogP contribution in [0.4, 0.5) is 0 Å². The maximum Gasteiger partial charge on any atom is 0.227 e. The standard InChI is InChI=1S/C41H25N5O/c1-3-12-26(13-4-1)38-44-39(27-14-5-2-6-15-27)46-40(45-38)30-18-11-17-28(24-30)33-25-29-16-7-9-20-34(29)42-37(33)35-23-22-32-31-19-8-10-21-36(31)47-41(32)43-35/h1-25H. The second-order valence-corrected chi connectivity index (χ2v) is 11.3. The molecule has 5 aromatic carbocycles. The number of rotatable bonds is 5. The van der Waals surface area contributed by atoms with Crippen molar-refractivity contribution < 1.29 is 4.42 Å². The Kier molecular flexibility index (Phi) is 6.35. The topological polar surface area (TPSA) is 77.6 Å². The van der Waals surface area contributed by atoms with Gasteiger partial charge in [-0.25, -0.2) is 24.9 Å². The molecule has 0 bridgehead atoms. The van der Waals surface area contributed by atoms with Crippen molar-refractivity contribution in [2.24, 2.45) is 0 Å². The Morgan fingerprint density at radius 3 is 1.79 bits per heavy atom. The monoisotopic (exact) mass is 603 g/mol. The molecule has 0 saturated carbocycles. The van der Waals surface area contributed by atoms with Crippen LogP contribution in [0.5, 0.6) is 0 Å². The predicted octanol–water partition coefficient (Wildman–Crippen LogP) is 10.0. The minimum atomic E-state index is 0.588. The fourth-order valence-corrected chi connectivity index (χ4v) is 6.03. The van der Waals surface area contributed by atoms with Crippen LogP contribution in [-0.2, 0) is 0 Å². The molecular weight excluding hydrogens is 578 g/mol. The van der Waals surface area contributed by atoms with Crippen LogP contribution in [-0.4, -0.2) is 24.9 Å². The van der Waals surface area contributed by atoms with Crippen molar-refractivity contribution in [1.29, 1.82) is 0 Å². The van der Waals surface area contributed by atoms with Crippen molar-refractivity contribution in [3.8, 4) is 56.7 Å². The van der Waals surface area contributed by atoms with Gasteiger partial charge >= 0.3 is 0 Å². The first-order valence-electron chi connectivity index (χ1n) is 15.4. The smallest absolute Gasteiger partial charge is 0.227 e. The van der Waals surface area contributed by atoms with Crippen LogP contribution in [0, 0.1) is 0 Å². The van der Waals surface area contributed by atoms with Crippen LogP contribution in [0.2, 0.25) is 0 Å². The van der Waals surface area contributed by atoms with Gasteiger partial charge in [-0.2, -0.15) is 0 Å². The molecule has 0 aliphatic carbocycles. The summed E-state index contributed by atoms with van der Waals surface area (Å²) in [6.07, 6.45) is 0. The Labute approximate surface area is 270 Å². The largest absolute Gasteiger partial charge is 0.438 e. The van der Waals surface area contributed by atoms with Gasteiger partial charge in [-0.05, 0) is 42.0 Å². The zero-order valence-corrected chi connectivity index (χ0v) is 25.1. The predicted molar refractivity (Wildman–Crippen MR) is 187 cm³/mol. The summed E-state index contributed by atoms with van der Waals surface area (Å²) in [5, 5.41) is 3.06. The van der Waals surface area contributed by atoms with Crippen molar-refractivity contribution in [3.05, 3.63) is 152 Å². The molecular formula is C41H25N5O. The number of furan rings is 1. The highest BCUT2D eigenvalue weighted by atomic mass is 16.3. The average molecular weight is 604 g/mol. The van der Waals surface area contributed by atoms with E-state index in [9.17, 15) is 0 Å². The van der Waals surface area contributed by atoms with Gasteiger partial charge < -0.3 is 4.42 Å². The van der Waals surface area contributed by atoms with Gasteiger partial charge in [-0.3, -0.25) is 0 Å². The Morgan fingerprint density at radius 2 is 1.02 bits per heavy atom. The Morgan fingerprint density at radius 1 is 0.404 bits per heavy atom. The summed E-state index contributed by atoms with van der Waals surface area (Å²) in [6.45, 7) is 0. The van der Waals surface area contributed by atoms with E-state index in [2.05, 4.69) is 36.4 Å².